The molecule has 26 heavy (non-hydrogen) atoms. The number of nitrogens with one attached hydrogen (secondary N) is 2. The van der Waals surface area contributed by atoms with Crippen molar-refractivity contribution in [3.05, 3.63) is 58.1 Å². The fourth-order valence-electron chi connectivity index (χ4n) is 2.08. The van der Waals surface area contributed by atoms with Crippen LogP contribution in [-0.4, -0.2) is 31.0 Å². The van der Waals surface area contributed by atoms with Crippen molar-refractivity contribution in [1.29, 1.82) is 0 Å². The van der Waals surface area contributed by atoms with Crippen molar-refractivity contribution < 1.29 is 24.0 Å². The second kappa shape index (κ2) is 8.47. The third kappa shape index (κ3) is 4.69. The lowest BCUT2D eigenvalue weighted by molar-refractivity contribution is -0.384. The van der Waals surface area contributed by atoms with Gasteiger partial charge in [0.25, 0.3) is 5.69 Å². The van der Waals surface area contributed by atoms with Crippen molar-refractivity contribution in [3.8, 4) is 11.5 Å². The number of anilines is 1. The first-order chi connectivity index (χ1) is 12.4. The maximum Gasteiger partial charge on any atom is 0.313 e. The van der Waals surface area contributed by atoms with E-state index in [1.165, 1.54) is 19.2 Å². The molecule has 0 aliphatic carbocycles. The zero-order valence-corrected chi connectivity index (χ0v) is 14.1. The second-order valence-electron chi connectivity index (χ2n) is 5.13. The molecule has 9 nitrogen and oxygen atoms in total. The number of carbonyl (C=O) groups excluding carboxylic acids is 2. The molecule has 2 N–H and O–H groups in total. The molecule has 2 rings (SSSR count). The molecule has 2 aromatic carbocycles. The van der Waals surface area contributed by atoms with Gasteiger partial charge in [-0.2, -0.15) is 0 Å². The van der Waals surface area contributed by atoms with Crippen LogP contribution in [0.5, 0.6) is 11.5 Å². The lowest BCUT2D eigenvalue weighted by Crippen LogP contribution is -2.35. The molecule has 0 radical (unpaired) electrons. The molecular weight excluding hydrogens is 342 g/mol. The SMILES string of the molecule is COc1ccc(CNC(=O)C(=O)Nc2ccc([N+](=O)[O-])cc2OC)cc1. The summed E-state index contributed by atoms with van der Waals surface area (Å²) in [5.74, 6) is -0.995. The van der Waals surface area contributed by atoms with Gasteiger partial charge in [0.2, 0.25) is 0 Å². The minimum Gasteiger partial charge on any atom is -0.497 e. The Bertz CT molecular complexity index is 820. The van der Waals surface area contributed by atoms with E-state index >= 15 is 0 Å². The number of nitro groups is 1. The van der Waals surface area contributed by atoms with Gasteiger partial charge in [-0.05, 0) is 23.8 Å². The van der Waals surface area contributed by atoms with Crippen molar-refractivity contribution in [2.24, 2.45) is 0 Å². The van der Waals surface area contributed by atoms with Gasteiger partial charge in [0.05, 0.1) is 30.9 Å². The Morgan fingerprint density at radius 1 is 1.04 bits per heavy atom. The second-order valence-corrected chi connectivity index (χ2v) is 5.13. The molecule has 0 saturated heterocycles. The maximum absolute atomic E-state index is 12.0. The Morgan fingerprint density at radius 2 is 1.73 bits per heavy atom. The minimum atomic E-state index is -0.911. The summed E-state index contributed by atoms with van der Waals surface area (Å²) in [5, 5.41) is 15.6. The summed E-state index contributed by atoms with van der Waals surface area (Å²) in [6, 6.07) is 10.7. The molecule has 0 atom stereocenters. The van der Waals surface area contributed by atoms with E-state index in [0.29, 0.717) is 5.75 Å². The van der Waals surface area contributed by atoms with Crippen LogP contribution in [0.2, 0.25) is 0 Å². The Kier molecular flexibility index (Phi) is 6.10. The Hall–Kier alpha value is -3.62. The molecule has 0 fully saturated rings. The van der Waals surface area contributed by atoms with Crippen LogP contribution in [0, 0.1) is 10.1 Å². The third-order valence-corrected chi connectivity index (χ3v) is 3.46. The van der Waals surface area contributed by atoms with E-state index in [1.807, 2.05) is 0 Å². The maximum atomic E-state index is 12.0. The summed E-state index contributed by atoms with van der Waals surface area (Å²) in [4.78, 5) is 34.1. The zero-order valence-electron chi connectivity index (χ0n) is 14.1. The summed E-state index contributed by atoms with van der Waals surface area (Å²) in [7, 11) is 2.85. The summed E-state index contributed by atoms with van der Waals surface area (Å²) >= 11 is 0. The Balaban J connectivity index is 1.98. The zero-order chi connectivity index (χ0) is 19.1. The monoisotopic (exact) mass is 359 g/mol. The molecule has 0 unspecified atom stereocenters. The van der Waals surface area contributed by atoms with Gasteiger partial charge < -0.3 is 20.1 Å². The van der Waals surface area contributed by atoms with Crippen LogP contribution in [0.3, 0.4) is 0 Å². The van der Waals surface area contributed by atoms with Crippen molar-refractivity contribution in [2.75, 3.05) is 19.5 Å². The van der Waals surface area contributed by atoms with E-state index in [-0.39, 0.29) is 23.7 Å². The lowest BCUT2D eigenvalue weighted by Gasteiger charge is -2.10. The van der Waals surface area contributed by atoms with Gasteiger partial charge in [0.15, 0.2) is 0 Å². The summed E-state index contributed by atoms with van der Waals surface area (Å²) < 4.78 is 10.0. The molecular formula is C17H17N3O6. The first kappa shape index (κ1) is 18.7. The largest absolute Gasteiger partial charge is 0.497 e. The molecule has 0 aliphatic heterocycles. The lowest BCUT2D eigenvalue weighted by atomic mass is 10.2. The van der Waals surface area contributed by atoms with E-state index in [9.17, 15) is 19.7 Å². The number of nitro benzene ring substituents is 1. The number of nitrogens with zero attached hydrogens (tertiary/aromatic N) is 1. The van der Waals surface area contributed by atoms with Crippen LogP contribution in [0.4, 0.5) is 11.4 Å². The molecule has 0 bridgehead atoms. The van der Waals surface area contributed by atoms with Crippen molar-refractivity contribution in [2.45, 2.75) is 6.54 Å². The van der Waals surface area contributed by atoms with Gasteiger partial charge in [0, 0.05) is 12.6 Å². The Morgan fingerprint density at radius 3 is 2.31 bits per heavy atom. The van der Waals surface area contributed by atoms with Gasteiger partial charge in [-0.25, -0.2) is 0 Å². The fraction of sp³-hybridized carbons (Fsp3) is 0.176. The summed E-state index contributed by atoms with van der Waals surface area (Å²) in [5.41, 5.74) is 0.756. The van der Waals surface area contributed by atoms with Gasteiger partial charge in [-0.3, -0.25) is 19.7 Å². The highest BCUT2D eigenvalue weighted by Crippen LogP contribution is 2.28. The molecule has 0 aliphatic rings. The number of methoxy groups -OCH3 is 2. The molecule has 2 amide bonds. The molecule has 0 spiro atoms. The standard InChI is InChI=1S/C17H17N3O6/c1-25-13-6-3-11(4-7-13)10-18-16(21)17(22)19-14-8-5-12(20(23)24)9-15(14)26-2/h3-9H,10H2,1-2H3,(H,18,21)(H,19,22). The number of hydrogen-bond acceptors (Lipinski definition) is 6. The van der Waals surface area contributed by atoms with Crippen LogP contribution >= 0.6 is 0 Å². The number of benzene rings is 2. The van der Waals surface area contributed by atoms with Crippen LogP contribution in [0.25, 0.3) is 0 Å². The molecule has 9 heteroatoms. The summed E-state index contributed by atoms with van der Waals surface area (Å²) in [6.07, 6.45) is 0. The molecule has 0 heterocycles. The molecule has 2 aromatic rings. The van der Waals surface area contributed by atoms with Gasteiger partial charge >= 0.3 is 11.8 Å². The molecule has 136 valence electrons. The number of non-ortho nitro benzene ring substituents is 1. The topological polar surface area (TPSA) is 120 Å². The van der Waals surface area contributed by atoms with E-state index in [1.54, 1.807) is 31.4 Å². The number of carbonyl (C=O) groups is 2. The van der Waals surface area contributed by atoms with E-state index < -0.39 is 16.7 Å². The third-order valence-electron chi connectivity index (χ3n) is 3.46. The number of rotatable bonds is 6. The average Bonchev–Trinajstić information content (AvgIpc) is 2.66. The van der Waals surface area contributed by atoms with E-state index in [0.717, 1.165) is 11.6 Å². The van der Waals surface area contributed by atoms with Crippen molar-refractivity contribution in [3.63, 3.8) is 0 Å². The predicted molar refractivity (Wildman–Crippen MR) is 93.1 cm³/mol. The van der Waals surface area contributed by atoms with E-state index in [2.05, 4.69) is 10.6 Å². The van der Waals surface area contributed by atoms with Crippen LogP contribution in [0.15, 0.2) is 42.5 Å². The van der Waals surface area contributed by atoms with Crippen LogP contribution in [-0.2, 0) is 16.1 Å². The fourth-order valence-corrected chi connectivity index (χ4v) is 2.08. The highest BCUT2D eigenvalue weighted by molar-refractivity contribution is 6.39. The summed E-state index contributed by atoms with van der Waals surface area (Å²) in [6.45, 7) is 0.160. The highest BCUT2D eigenvalue weighted by Gasteiger charge is 2.17. The van der Waals surface area contributed by atoms with Gasteiger partial charge in [-0.15, -0.1) is 0 Å². The average molecular weight is 359 g/mol. The minimum absolute atomic E-state index is 0.0792. The highest BCUT2D eigenvalue weighted by atomic mass is 16.6. The number of hydrogen-bond donors (Lipinski definition) is 2. The first-order valence-corrected chi connectivity index (χ1v) is 7.49. The van der Waals surface area contributed by atoms with Gasteiger partial charge in [-0.1, -0.05) is 12.1 Å². The molecule has 0 saturated carbocycles. The smallest absolute Gasteiger partial charge is 0.313 e. The quantitative estimate of drug-likeness (QED) is 0.461. The van der Waals surface area contributed by atoms with Crippen LogP contribution in [0.1, 0.15) is 5.56 Å². The van der Waals surface area contributed by atoms with Gasteiger partial charge in [0.1, 0.15) is 11.5 Å². The number of ether oxygens (including phenoxy) is 2. The Labute approximate surface area is 149 Å². The predicted octanol–water partition coefficient (Wildman–Crippen LogP) is 1.87. The molecule has 0 aromatic heterocycles. The normalized spacial score (nSPS) is 9.92. The van der Waals surface area contributed by atoms with Crippen molar-refractivity contribution >= 4 is 23.2 Å². The number of amides is 2. The van der Waals surface area contributed by atoms with E-state index in [4.69, 9.17) is 9.47 Å². The van der Waals surface area contributed by atoms with Crippen LogP contribution < -0.4 is 20.1 Å². The van der Waals surface area contributed by atoms with Crippen molar-refractivity contribution in [1.82, 2.24) is 5.32 Å². The first-order valence-electron chi connectivity index (χ1n) is 7.49.